The average Bonchev–Trinajstić information content (AvgIpc) is 3.13. The van der Waals surface area contributed by atoms with Crippen molar-refractivity contribution in [2.45, 2.75) is 45.7 Å². The van der Waals surface area contributed by atoms with E-state index in [-0.39, 0.29) is 11.9 Å². The van der Waals surface area contributed by atoms with Gasteiger partial charge in [0.25, 0.3) is 0 Å². The minimum Gasteiger partial charge on any atom is -0.338 e. The molecular formula is C16H21N3OS. The normalized spacial score (nSPS) is 18.4. The molecule has 0 bridgehead atoms. The zero-order valence-corrected chi connectivity index (χ0v) is 13.4. The van der Waals surface area contributed by atoms with Crippen molar-refractivity contribution < 1.29 is 4.79 Å². The molecule has 1 aliphatic heterocycles. The first-order valence-electron chi connectivity index (χ1n) is 7.45. The Morgan fingerprint density at radius 1 is 1.43 bits per heavy atom. The van der Waals surface area contributed by atoms with Gasteiger partial charge < -0.3 is 4.90 Å². The van der Waals surface area contributed by atoms with E-state index in [1.165, 1.54) is 10.4 Å². The number of likely N-dealkylation sites (tertiary alicyclic amines) is 1. The summed E-state index contributed by atoms with van der Waals surface area (Å²) in [6.45, 7) is 5.81. The number of hydrogen-bond donors (Lipinski definition) is 0. The molecule has 3 rings (SSSR count). The molecule has 1 amide bonds. The van der Waals surface area contributed by atoms with Crippen molar-refractivity contribution in [2.24, 2.45) is 0 Å². The van der Waals surface area contributed by atoms with Crippen LogP contribution >= 0.6 is 11.3 Å². The molecule has 112 valence electrons. The van der Waals surface area contributed by atoms with Gasteiger partial charge >= 0.3 is 0 Å². The summed E-state index contributed by atoms with van der Waals surface area (Å²) >= 11 is 1.72. The first-order valence-corrected chi connectivity index (χ1v) is 8.27. The molecule has 3 heterocycles. The van der Waals surface area contributed by atoms with Gasteiger partial charge in [-0.05, 0) is 44.4 Å². The molecule has 4 nitrogen and oxygen atoms in total. The third kappa shape index (κ3) is 3.35. The van der Waals surface area contributed by atoms with Crippen LogP contribution in [0.2, 0.25) is 0 Å². The van der Waals surface area contributed by atoms with Gasteiger partial charge in [0.15, 0.2) is 0 Å². The van der Waals surface area contributed by atoms with Crippen molar-refractivity contribution in [2.75, 3.05) is 6.54 Å². The minimum atomic E-state index is 0.253. The monoisotopic (exact) mass is 303 g/mol. The van der Waals surface area contributed by atoms with E-state index in [4.69, 9.17) is 0 Å². The van der Waals surface area contributed by atoms with E-state index in [9.17, 15) is 4.79 Å². The van der Waals surface area contributed by atoms with E-state index in [0.29, 0.717) is 6.42 Å². The maximum atomic E-state index is 12.5. The lowest BCUT2D eigenvalue weighted by Gasteiger charge is -2.24. The van der Waals surface area contributed by atoms with Crippen LogP contribution in [-0.2, 0) is 17.8 Å². The zero-order valence-electron chi connectivity index (χ0n) is 12.6. The summed E-state index contributed by atoms with van der Waals surface area (Å²) in [5, 5.41) is 4.34. The number of rotatable bonds is 4. The number of hydrogen-bond acceptors (Lipinski definition) is 3. The van der Waals surface area contributed by atoms with Crippen molar-refractivity contribution >= 4 is 17.2 Å². The van der Waals surface area contributed by atoms with E-state index in [2.05, 4.69) is 24.2 Å². The molecule has 0 unspecified atom stereocenters. The van der Waals surface area contributed by atoms with Crippen molar-refractivity contribution in [1.82, 2.24) is 14.7 Å². The third-order valence-corrected chi connectivity index (χ3v) is 4.98. The van der Waals surface area contributed by atoms with Gasteiger partial charge in [-0.2, -0.15) is 5.10 Å². The van der Waals surface area contributed by atoms with Gasteiger partial charge in [0.2, 0.25) is 5.91 Å². The maximum Gasteiger partial charge on any atom is 0.228 e. The fraction of sp³-hybridized carbons (Fsp3) is 0.500. The zero-order chi connectivity index (χ0) is 14.8. The highest BCUT2D eigenvalue weighted by molar-refractivity contribution is 7.12. The second kappa shape index (κ2) is 6.02. The molecule has 21 heavy (non-hydrogen) atoms. The average molecular weight is 303 g/mol. The Morgan fingerprint density at radius 2 is 2.29 bits per heavy atom. The number of aryl methyl sites for hydroxylation is 2. The number of aromatic nitrogens is 2. The number of thiophene rings is 1. The Morgan fingerprint density at radius 3 is 2.95 bits per heavy atom. The molecule has 0 spiro atoms. The van der Waals surface area contributed by atoms with Gasteiger partial charge in [0.05, 0.1) is 25.2 Å². The summed E-state index contributed by atoms with van der Waals surface area (Å²) in [7, 11) is 0. The molecule has 0 radical (unpaired) electrons. The van der Waals surface area contributed by atoms with E-state index in [1.54, 1.807) is 11.3 Å². The Bertz CT molecular complexity index is 631. The molecule has 2 aromatic rings. The molecule has 5 heteroatoms. The smallest absolute Gasteiger partial charge is 0.228 e. The van der Waals surface area contributed by atoms with Crippen LogP contribution in [0, 0.1) is 13.8 Å². The molecular weight excluding hydrogens is 282 g/mol. The van der Waals surface area contributed by atoms with Crippen LogP contribution in [0.1, 0.15) is 28.2 Å². The van der Waals surface area contributed by atoms with Crippen LogP contribution in [0.4, 0.5) is 0 Å². The van der Waals surface area contributed by atoms with E-state index < -0.39 is 0 Å². The summed E-state index contributed by atoms with van der Waals surface area (Å²) in [6, 6.07) is 4.44. The van der Waals surface area contributed by atoms with Crippen molar-refractivity contribution in [3.05, 3.63) is 39.8 Å². The van der Waals surface area contributed by atoms with Crippen molar-refractivity contribution in [3.63, 3.8) is 0 Å². The Labute approximate surface area is 129 Å². The van der Waals surface area contributed by atoms with Gasteiger partial charge in [0.1, 0.15) is 0 Å². The predicted octanol–water partition coefficient (Wildman–Crippen LogP) is 2.80. The lowest BCUT2D eigenvalue weighted by molar-refractivity contribution is -0.131. The highest BCUT2D eigenvalue weighted by atomic mass is 32.1. The lowest BCUT2D eigenvalue weighted by Crippen LogP contribution is -2.39. The van der Waals surface area contributed by atoms with E-state index in [0.717, 1.165) is 30.8 Å². The van der Waals surface area contributed by atoms with E-state index >= 15 is 0 Å². The second-order valence-electron chi connectivity index (χ2n) is 5.81. The molecule has 2 aromatic heterocycles. The van der Waals surface area contributed by atoms with Crippen molar-refractivity contribution in [1.29, 1.82) is 0 Å². The first-order chi connectivity index (χ1) is 10.1. The molecule has 1 saturated heterocycles. The largest absolute Gasteiger partial charge is 0.338 e. The Hall–Kier alpha value is -1.62. The standard InChI is InChI=1S/C16H21N3OS/c1-12-9-17-18(10-12)11-14-4-3-7-19(14)16(20)8-15-6-5-13(2)21-15/h5-6,9-10,14H,3-4,7-8,11H2,1-2H3/t14-/m0/s1. The minimum absolute atomic E-state index is 0.253. The summed E-state index contributed by atoms with van der Waals surface area (Å²) < 4.78 is 1.96. The van der Waals surface area contributed by atoms with Crippen LogP contribution in [0.25, 0.3) is 0 Å². The van der Waals surface area contributed by atoms with Gasteiger partial charge in [-0.3, -0.25) is 9.48 Å². The quantitative estimate of drug-likeness (QED) is 0.871. The summed E-state index contributed by atoms with van der Waals surface area (Å²) in [5.74, 6) is 0.253. The molecule has 0 saturated carbocycles. The Kier molecular flexibility index (Phi) is 4.10. The fourth-order valence-electron chi connectivity index (χ4n) is 2.97. The van der Waals surface area contributed by atoms with Gasteiger partial charge in [-0.15, -0.1) is 11.3 Å². The van der Waals surface area contributed by atoms with Crippen LogP contribution in [0.3, 0.4) is 0 Å². The number of carbonyl (C=O) groups is 1. The maximum absolute atomic E-state index is 12.5. The second-order valence-corrected chi connectivity index (χ2v) is 7.18. The van der Waals surface area contributed by atoms with Gasteiger partial charge in [-0.25, -0.2) is 0 Å². The Balaban J connectivity index is 1.64. The summed E-state index contributed by atoms with van der Waals surface area (Å²) in [4.78, 5) is 17.0. The molecule has 1 fully saturated rings. The first kappa shape index (κ1) is 14.3. The van der Waals surface area contributed by atoms with Crippen LogP contribution < -0.4 is 0 Å². The summed E-state index contributed by atoms with van der Waals surface area (Å²) in [5.41, 5.74) is 1.17. The topological polar surface area (TPSA) is 38.1 Å². The van der Waals surface area contributed by atoms with Gasteiger partial charge in [-0.1, -0.05) is 0 Å². The van der Waals surface area contributed by atoms with Crippen molar-refractivity contribution in [3.8, 4) is 0 Å². The predicted molar refractivity (Wildman–Crippen MR) is 84.5 cm³/mol. The molecule has 1 aliphatic rings. The molecule has 0 N–H and O–H groups in total. The lowest BCUT2D eigenvalue weighted by atomic mass is 10.2. The number of amides is 1. The van der Waals surface area contributed by atoms with E-state index in [1.807, 2.05) is 28.9 Å². The SMILES string of the molecule is Cc1cnn(C[C@@H]2CCCN2C(=O)Cc2ccc(C)s2)c1. The van der Waals surface area contributed by atoms with Gasteiger partial charge in [0, 0.05) is 22.5 Å². The van der Waals surface area contributed by atoms with Crippen LogP contribution in [0.15, 0.2) is 24.5 Å². The molecule has 0 aromatic carbocycles. The van der Waals surface area contributed by atoms with Crippen LogP contribution in [0.5, 0.6) is 0 Å². The number of carbonyl (C=O) groups excluding carboxylic acids is 1. The number of nitrogens with zero attached hydrogens (tertiary/aromatic N) is 3. The molecule has 1 atom stereocenters. The highest BCUT2D eigenvalue weighted by Gasteiger charge is 2.29. The fourth-order valence-corrected chi connectivity index (χ4v) is 3.85. The molecule has 0 aliphatic carbocycles. The van der Waals surface area contributed by atoms with Crippen LogP contribution in [-0.4, -0.2) is 33.2 Å². The highest BCUT2D eigenvalue weighted by Crippen LogP contribution is 2.22. The third-order valence-electron chi connectivity index (χ3n) is 3.98. The summed E-state index contributed by atoms with van der Waals surface area (Å²) in [6.07, 6.45) is 6.63.